The molecule has 1 amide bonds. The molecule has 0 spiro atoms. The Bertz CT molecular complexity index is 371. The van der Waals surface area contributed by atoms with Crippen molar-refractivity contribution < 1.29 is 4.79 Å². The maximum absolute atomic E-state index is 12.1. The van der Waals surface area contributed by atoms with Crippen molar-refractivity contribution in [3.05, 3.63) is 27.6 Å². The summed E-state index contributed by atoms with van der Waals surface area (Å²) < 4.78 is 0.910. The molecule has 4 nitrogen and oxygen atoms in total. The number of nitrogens with zero attached hydrogens (tertiary/aromatic N) is 3. The van der Waals surface area contributed by atoms with Crippen molar-refractivity contribution in [1.29, 1.82) is 0 Å². The molecule has 0 aliphatic carbocycles. The molecule has 1 aromatic rings. The molecule has 16 heavy (non-hydrogen) atoms. The maximum Gasteiger partial charge on any atom is 0.255 e. The third-order valence-corrected chi connectivity index (χ3v) is 3.40. The molecule has 2 heterocycles. The van der Waals surface area contributed by atoms with Crippen molar-refractivity contribution in [3.8, 4) is 0 Å². The van der Waals surface area contributed by atoms with Gasteiger partial charge in [0.25, 0.3) is 5.91 Å². The Hall–Kier alpha value is -0.690. The Morgan fingerprint density at radius 3 is 2.56 bits per heavy atom. The fraction of sp³-hybridized carbons (Fsp3) is 0.455. The zero-order valence-electron chi connectivity index (χ0n) is 9.19. The molecule has 0 unspecified atom stereocenters. The normalized spacial score (nSPS) is 17.5. The summed E-state index contributed by atoms with van der Waals surface area (Å²) in [6, 6.07) is 3.71. The van der Waals surface area contributed by atoms with E-state index in [1.807, 2.05) is 17.0 Å². The van der Waals surface area contributed by atoms with Gasteiger partial charge in [0.1, 0.15) is 3.70 Å². The highest BCUT2D eigenvalue weighted by Crippen LogP contribution is 2.08. The van der Waals surface area contributed by atoms with Crippen molar-refractivity contribution in [2.75, 3.05) is 33.2 Å². The molecule has 86 valence electrons. The number of halogens is 1. The molecule has 1 aromatic heterocycles. The number of likely N-dealkylation sites (N-methyl/N-ethyl adjacent to an activating group) is 1. The summed E-state index contributed by atoms with van der Waals surface area (Å²) in [5.41, 5.74) is 0.685. The molecule has 0 aromatic carbocycles. The van der Waals surface area contributed by atoms with Crippen LogP contribution >= 0.6 is 22.6 Å². The second-order valence-corrected chi connectivity index (χ2v) is 5.07. The van der Waals surface area contributed by atoms with Crippen molar-refractivity contribution in [2.45, 2.75) is 0 Å². The number of piperazine rings is 1. The van der Waals surface area contributed by atoms with Crippen LogP contribution in [0, 0.1) is 3.70 Å². The summed E-state index contributed by atoms with van der Waals surface area (Å²) in [6.07, 6.45) is 1.66. The summed E-state index contributed by atoms with van der Waals surface area (Å²) in [5.74, 6) is 0.0944. The molecule has 1 aliphatic rings. The molecule has 0 N–H and O–H groups in total. The van der Waals surface area contributed by atoms with Crippen LogP contribution in [0.2, 0.25) is 0 Å². The van der Waals surface area contributed by atoms with Gasteiger partial charge in [-0.15, -0.1) is 0 Å². The van der Waals surface area contributed by atoms with E-state index in [1.54, 1.807) is 6.20 Å². The van der Waals surface area contributed by atoms with Crippen molar-refractivity contribution in [1.82, 2.24) is 14.8 Å². The zero-order chi connectivity index (χ0) is 11.5. The highest BCUT2D eigenvalue weighted by atomic mass is 127. The predicted octanol–water partition coefficient (Wildman–Crippen LogP) is 1.07. The van der Waals surface area contributed by atoms with E-state index in [0.29, 0.717) is 5.56 Å². The number of pyridine rings is 1. The van der Waals surface area contributed by atoms with Gasteiger partial charge in [0.2, 0.25) is 0 Å². The van der Waals surface area contributed by atoms with Crippen LogP contribution in [0.5, 0.6) is 0 Å². The first kappa shape index (κ1) is 11.8. The van der Waals surface area contributed by atoms with E-state index in [4.69, 9.17) is 0 Å². The number of amides is 1. The SMILES string of the molecule is CN1CCN(C(=O)c2ccc(I)nc2)CC1. The van der Waals surface area contributed by atoms with E-state index < -0.39 is 0 Å². The third kappa shape index (κ3) is 2.70. The Morgan fingerprint density at radius 2 is 2.00 bits per heavy atom. The molecule has 0 radical (unpaired) electrons. The van der Waals surface area contributed by atoms with E-state index in [9.17, 15) is 4.79 Å². The molecular formula is C11H14IN3O. The smallest absolute Gasteiger partial charge is 0.255 e. The minimum absolute atomic E-state index is 0.0944. The van der Waals surface area contributed by atoms with Gasteiger partial charge < -0.3 is 9.80 Å². The van der Waals surface area contributed by atoms with Crippen LogP contribution in [0.4, 0.5) is 0 Å². The highest BCUT2D eigenvalue weighted by Gasteiger charge is 2.20. The van der Waals surface area contributed by atoms with Gasteiger partial charge in [-0.05, 0) is 41.8 Å². The van der Waals surface area contributed by atoms with Gasteiger partial charge in [-0.2, -0.15) is 0 Å². The van der Waals surface area contributed by atoms with Crippen molar-refractivity contribution in [2.24, 2.45) is 0 Å². The first-order valence-corrected chi connectivity index (χ1v) is 6.34. The van der Waals surface area contributed by atoms with Crippen molar-refractivity contribution in [3.63, 3.8) is 0 Å². The van der Waals surface area contributed by atoms with Crippen LogP contribution in [0.15, 0.2) is 18.3 Å². The largest absolute Gasteiger partial charge is 0.336 e. The van der Waals surface area contributed by atoms with E-state index in [-0.39, 0.29) is 5.91 Å². The summed E-state index contributed by atoms with van der Waals surface area (Å²) in [7, 11) is 2.08. The van der Waals surface area contributed by atoms with Crippen LogP contribution in [0.1, 0.15) is 10.4 Å². The summed E-state index contributed by atoms with van der Waals surface area (Å²) in [4.78, 5) is 20.3. The Kier molecular flexibility index (Phi) is 3.75. The number of rotatable bonds is 1. The standard InChI is InChI=1S/C11H14IN3O/c1-14-4-6-15(7-5-14)11(16)9-2-3-10(12)13-8-9/h2-3,8H,4-7H2,1H3. The molecule has 0 saturated carbocycles. The maximum atomic E-state index is 12.1. The number of hydrogen-bond donors (Lipinski definition) is 0. The summed E-state index contributed by atoms with van der Waals surface area (Å²) >= 11 is 2.13. The van der Waals surface area contributed by atoms with Crippen LogP contribution in [0.3, 0.4) is 0 Å². The average molecular weight is 331 g/mol. The van der Waals surface area contributed by atoms with Gasteiger partial charge >= 0.3 is 0 Å². The second-order valence-electron chi connectivity index (χ2n) is 3.97. The molecule has 1 saturated heterocycles. The van der Waals surface area contributed by atoms with Crippen LogP contribution < -0.4 is 0 Å². The third-order valence-electron chi connectivity index (χ3n) is 2.76. The topological polar surface area (TPSA) is 36.4 Å². The number of carbonyl (C=O) groups excluding carboxylic acids is 1. The minimum atomic E-state index is 0.0944. The van der Waals surface area contributed by atoms with E-state index >= 15 is 0 Å². The number of aromatic nitrogens is 1. The molecule has 0 atom stereocenters. The van der Waals surface area contributed by atoms with E-state index in [1.165, 1.54) is 0 Å². The van der Waals surface area contributed by atoms with E-state index in [0.717, 1.165) is 29.9 Å². The average Bonchev–Trinajstić information content (AvgIpc) is 2.30. The van der Waals surface area contributed by atoms with Crippen LogP contribution in [-0.2, 0) is 0 Å². The Morgan fingerprint density at radius 1 is 1.31 bits per heavy atom. The van der Waals surface area contributed by atoms with Gasteiger partial charge in [0.15, 0.2) is 0 Å². The quantitative estimate of drug-likeness (QED) is 0.571. The molecular weight excluding hydrogens is 317 g/mol. The molecule has 5 heteroatoms. The Labute approximate surface area is 109 Å². The second kappa shape index (κ2) is 5.09. The molecule has 0 bridgehead atoms. The van der Waals surface area contributed by atoms with Crippen LogP contribution in [-0.4, -0.2) is 53.9 Å². The molecule has 2 rings (SSSR count). The fourth-order valence-corrected chi connectivity index (χ4v) is 2.01. The first-order chi connectivity index (χ1) is 7.66. The lowest BCUT2D eigenvalue weighted by Crippen LogP contribution is -2.47. The number of carbonyl (C=O) groups is 1. The monoisotopic (exact) mass is 331 g/mol. The first-order valence-electron chi connectivity index (χ1n) is 5.26. The van der Waals surface area contributed by atoms with E-state index in [2.05, 4.69) is 39.5 Å². The lowest BCUT2D eigenvalue weighted by Gasteiger charge is -2.32. The van der Waals surface area contributed by atoms with Gasteiger partial charge in [-0.25, -0.2) is 4.98 Å². The Balaban J connectivity index is 2.05. The summed E-state index contributed by atoms with van der Waals surface area (Å²) in [5, 5.41) is 0. The lowest BCUT2D eigenvalue weighted by molar-refractivity contribution is 0.0663. The van der Waals surface area contributed by atoms with Crippen LogP contribution in [0.25, 0.3) is 0 Å². The van der Waals surface area contributed by atoms with Gasteiger partial charge in [0, 0.05) is 32.4 Å². The summed E-state index contributed by atoms with van der Waals surface area (Å²) in [6.45, 7) is 3.51. The minimum Gasteiger partial charge on any atom is -0.336 e. The fourth-order valence-electron chi connectivity index (χ4n) is 1.69. The molecule has 1 fully saturated rings. The zero-order valence-corrected chi connectivity index (χ0v) is 11.3. The lowest BCUT2D eigenvalue weighted by atomic mass is 10.2. The van der Waals surface area contributed by atoms with Gasteiger partial charge in [-0.1, -0.05) is 0 Å². The van der Waals surface area contributed by atoms with Gasteiger partial charge in [0.05, 0.1) is 5.56 Å². The predicted molar refractivity (Wildman–Crippen MR) is 70.4 cm³/mol. The highest BCUT2D eigenvalue weighted by molar-refractivity contribution is 14.1. The van der Waals surface area contributed by atoms with Gasteiger partial charge in [-0.3, -0.25) is 4.79 Å². The number of hydrogen-bond acceptors (Lipinski definition) is 3. The van der Waals surface area contributed by atoms with Crippen molar-refractivity contribution >= 4 is 28.5 Å². The molecule has 1 aliphatic heterocycles.